The molecule has 1 saturated heterocycles. The fourth-order valence-corrected chi connectivity index (χ4v) is 3.76. The number of halogens is 3. The van der Waals surface area contributed by atoms with Crippen LogP contribution in [-0.2, 0) is 0 Å². The molecule has 2 aromatic carbocycles. The third-order valence-electron chi connectivity index (χ3n) is 5.18. The zero-order chi connectivity index (χ0) is 21.6. The minimum absolute atomic E-state index is 0. The first-order chi connectivity index (χ1) is 14.3. The van der Waals surface area contributed by atoms with Gasteiger partial charge in [0.05, 0.1) is 16.9 Å². The molecule has 10 heteroatoms. The van der Waals surface area contributed by atoms with E-state index in [0.717, 1.165) is 29.0 Å². The first-order valence-corrected chi connectivity index (χ1v) is 9.32. The molecule has 2 N–H and O–H groups in total. The van der Waals surface area contributed by atoms with E-state index in [-0.39, 0.29) is 66.1 Å². The van der Waals surface area contributed by atoms with Gasteiger partial charge in [-0.2, -0.15) is 0 Å². The molecule has 2 heterocycles. The molecule has 1 unspecified atom stereocenters. The van der Waals surface area contributed by atoms with Crippen LogP contribution in [0.2, 0.25) is 0 Å². The summed E-state index contributed by atoms with van der Waals surface area (Å²) >= 11 is 0. The molecule has 1 aliphatic rings. The first-order valence-electron chi connectivity index (χ1n) is 9.32. The minimum atomic E-state index is -1.53. The predicted molar refractivity (Wildman–Crippen MR) is 115 cm³/mol. The number of carboxylic acid groups (broad SMARTS) is 1. The summed E-state index contributed by atoms with van der Waals surface area (Å²) in [4.78, 5) is 26.0. The number of hydrogen-bond donors (Lipinski definition) is 2. The summed E-state index contributed by atoms with van der Waals surface area (Å²) in [6, 6.07) is 5.30. The maximum absolute atomic E-state index is 14.9. The van der Waals surface area contributed by atoms with E-state index >= 15 is 0 Å². The van der Waals surface area contributed by atoms with E-state index < -0.39 is 34.4 Å². The van der Waals surface area contributed by atoms with Gasteiger partial charge in [0.2, 0.25) is 5.43 Å². The SMILES string of the molecule is CC1CN(c2cc3c(cc2F)c(=O)c(C(=O)O)cn3-c2ccc(F)cc2F)CCN1.[CaH2]. The second kappa shape index (κ2) is 9.20. The van der Waals surface area contributed by atoms with E-state index in [4.69, 9.17) is 0 Å². The molecular formula is C21H20CaF3N3O3. The summed E-state index contributed by atoms with van der Waals surface area (Å²) in [7, 11) is 0. The van der Waals surface area contributed by atoms with Gasteiger partial charge < -0.3 is 19.9 Å². The summed E-state index contributed by atoms with van der Waals surface area (Å²) in [6.07, 6.45) is 0.978. The van der Waals surface area contributed by atoms with Crippen LogP contribution in [0.5, 0.6) is 0 Å². The fourth-order valence-electron chi connectivity index (χ4n) is 3.76. The van der Waals surface area contributed by atoms with Crippen LogP contribution >= 0.6 is 0 Å². The molecule has 1 aliphatic heterocycles. The maximum atomic E-state index is 14.9. The van der Waals surface area contributed by atoms with Gasteiger partial charge in [-0.05, 0) is 31.2 Å². The van der Waals surface area contributed by atoms with Crippen molar-refractivity contribution >= 4 is 60.3 Å². The number of rotatable bonds is 3. The van der Waals surface area contributed by atoms with Crippen LogP contribution < -0.4 is 15.6 Å². The first kappa shape index (κ1) is 23.6. The van der Waals surface area contributed by atoms with Crippen LogP contribution in [0.4, 0.5) is 18.9 Å². The molecule has 1 fully saturated rings. The monoisotopic (exact) mass is 459 g/mol. The number of aromatic nitrogens is 1. The summed E-state index contributed by atoms with van der Waals surface area (Å²) < 4.78 is 44.0. The molecule has 1 atom stereocenters. The van der Waals surface area contributed by atoms with Crippen LogP contribution in [-0.4, -0.2) is 79.1 Å². The fraction of sp³-hybridized carbons (Fsp3) is 0.238. The van der Waals surface area contributed by atoms with Gasteiger partial charge in [0.1, 0.15) is 23.0 Å². The Morgan fingerprint density at radius 1 is 1.13 bits per heavy atom. The average Bonchev–Trinajstić information content (AvgIpc) is 2.68. The Morgan fingerprint density at radius 2 is 1.84 bits per heavy atom. The molecule has 0 radical (unpaired) electrons. The Labute approximate surface area is 205 Å². The van der Waals surface area contributed by atoms with Crippen LogP contribution in [0.15, 0.2) is 41.3 Å². The van der Waals surface area contributed by atoms with E-state index in [1.54, 1.807) is 4.90 Å². The van der Waals surface area contributed by atoms with Gasteiger partial charge in [-0.25, -0.2) is 18.0 Å². The van der Waals surface area contributed by atoms with Crippen molar-refractivity contribution in [2.45, 2.75) is 13.0 Å². The van der Waals surface area contributed by atoms with Crippen molar-refractivity contribution < 1.29 is 23.1 Å². The summed E-state index contributed by atoms with van der Waals surface area (Å²) in [5.74, 6) is -3.96. The van der Waals surface area contributed by atoms with E-state index in [2.05, 4.69) is 5.32 Å². The predicted octanol–water partition coefficient (Wildman–Crippen LogP) is 1.99. The number of pyridine rings is 1. The Kier molecular flexibility index (Phi) is 7.00. The zero-order valence-corrected chi connectivity index (χ0v) is 16.0. The van der Waals surface area contributed by atoms with Crippen LogP contribution in [0.3, 0.4) is 0 Å². The molecular weight excluding hydrogens is 439 g/mol. The van der Waals surface area contributed by atoms with Gasteiger partial charge in [-0.3, -0.25) is 4.79 Å². The van der Waals surface area contributed by atoms with Gasteiger partial charge in [0.25, 0.3) is 0 Å². The number of carbonyl (C=O) groups is 1. The molecule has 1 aromatic heterocycles. The van der Waals surface area contributed by atoms with Crippen molar-refractivity contribution in [1.29, 1.82) is 0 Å². The Hall–Kier alpha value is -2.07. The number of anilines is 1. The van der Waals surface area contributed by atoms with Gasteiger partial charge in [-0.15, -0.1) is 0 Å². The third kappa shape index (κ3) is 4.45. The molecule has 4 rings (SSSR count). The Morgan fingerprint density at radius 3 is 2.48 bits per heavy atom. The molecule has 0 spiro atoms. The molecule has 0 aliphatic carbocycles. The van der Waals surface area contributed by atoms with E-state index in [1.165, 1.54) is 6.07 Å². The molecule has 6 nitrogen and oxygen atoms in total. The Balaban J connectivity index is 0.00000272. The molecule has 160 valence electrons. The van der Waals surface area contributed by atoms with Crippen molar-refractivity contribution in [3.05, 3.63) is 69.8 Å². The second-order valence-corrected chi connectivity index (χ2v) is 7.26. The van der Waals surface area contributed by atoms with Crippen molar-refractivity contribution in [3.8, 4) is 5.69 Å². The normalized spacial score (nSPS) is 16.3. The molecule has 0 amide bonds. The molecule has 0 saturated carbocycles. The van der Waals surface area contributed by atoms with Crippen molar-refractivity contribution in [2.75, 3.05) is 24.5 Å². The number of nitrogens with one attached hydrogen (secondary N) is 1. The number of nitrogens with zero attached hydrogens (tertiary/aromatic N) is 2. The molecule has 31 heavy (non-hydrogen) atoms. The van der Waals surface area contributed by atoms with E-state index in [9.17, 15) is 27.9 Å². The second-order valence-electron chi connectivity index (χ2n) is 7.26. The molecule has 3 aromatic rings. The van der Waals surface area contributed by atoms with Gasteiger partial charge in [-0.1, -0.05) is 0 Å². The van der Waals surface area contributed by atoms with Crippen molar-refractivity contribution in [2.24, 2.45) is 0 Å². The van der Waals surface area contributed by atoms with Crippen LogP contribution in [0.25, 0.3) is 16.6 Å². The van der Waals surface area contributed by atoms with Gasteiger partial charge in [0.15, 0.2) is 0 Å². The number of benzene rings is 2. The number of aromatic carboxylic acids is 1. The van der Waals surface area contributed by atoms with Crippen LogP contribution in [0.1, 0.15) is 17.3 Å². The summed E-state index contributed by atoms with van der Waals surface area (Å²) in [5, 5.41) is 12.4. The zero-order valence-electron chi connectivity index (χ0n) is 16.0. The van der Waals surface area contributed by atoms with Crippen molar-refractivity contribution in [1.82, 2.24) is 9.88 Å². The quantitative estimate of drug-likeness (QED) is 0.586. The average molecular weight is 459 g/mol. The third-order valence-corrected chi connectivity index (χ3v) is 5.18. The number of hydrogen-bond acceptors (Lipinski definition) is 4. The van der Waals surface area contributed by atoms with E-state index in [0.29, 0.717) is 25.7 Å². The topological polar surface area (TPSA) is 74.6 Å². The number of carboxylic acids is 1. The summed E-state index contributed by atoms with van der Waals surface area (Å²) in [5.41, 5.74) is -1.34. The van der Waals surface area contributed by atoms with Crippen molar-refractivity contribution in [3.63, 3.8) is 0 Å². The van der Waals surface area contributed by atoms with E-state index in [1.807, 2.05) is 6.92 Å². The standard InChI is InChI=1S/C21H18F3N3O3.Ca.2H/c1-11-9-26(5-4-25-11)19-8-18-13(7-16(19)24)20(28)14(21(29)30)10-27(18)17-3-2-12(22)6-15(17)23;;;/h2-3,6-8,10-11,25H,4-5,9H2,1H3,(H,29,30);;;. The van der Waals surface area contributed by atoms with Crippen LogP contribution in [0, 0.1) is 17.5 Å². The number of fused-ring (bicyclic) bond motifs is 1. The summed E-state index contributed by atoms with van der Waals surface area (Å²) in [6.45, 7) is 3.63. The van der Waals surface area contributed by atoms with Gasteiger partial charge >= 0.3 is 43.7 Å². The number of piperazine rings is 1. The molecule has 0 bridgehead atoms. The Bertz CT molecular complexity index is 1230. The van der Waals surface area contributed by atoms with Gasteiger partial charge in [0, 0.05) is 43.3 Å².